The van der Waals surface area contributed by atoms with Crippen molar-refractivity contribution in [2.75, 3.05) is 5.73 Å². The molecule has 1 aromatic carbocycles. The van der Waals surface area contributed by atoms with Crippen molar-refractivity contribution < 1.29 is 0 Å². The molecule has 0 saturated heterocycles. The molecular formula is C12H12ClN3O. The molecule has 5 heteroatoms. The largest absolute Gasteiger partial charge is 0.399 e. The fourth-order valence-corrected chi connectivity index (χ4v) is 1.70. The molecule has 2 N–H and O–H groups in total. The zero-order chi connectivity index (χ0) is 12.4. The summed E-state index contributed by atoms with van der Waals surface area (Å²) in [5.41, 5.74) is 7.76. The number of nitrogens with two attached hydrogens (primary N) is 1. The van der Waals surface area contributed by atoms with Crippen molar-refractivity contribution in [3.63, 3.8) is 0 Å². The van der Waals surface area contributed by atoms with E-state index in [0.717, 1.165) is 11.1 Å². The summed E-state index contributed by atoms with van der Waals surface area (Å²) in [7, 11) is 0. The van der Waals surface area contributed by atoms with E-state index in [9.17, 15) is 4.79 Å². The molecule has 4 nitrogen and oxygen atoms in total. The molecule has 1 aromatic heterocycles. The van der Waals surface area contributed by atoms with Crippen LogP contribution >= 0.6 is 11.6 Å². The Bertz CT molecular complexity index is 607. The summed E-state index contributed by atoms with van der Waals surface area (Å²) >= 11 is 6.03. The van der Waals surface area contributed by atoms with Gasteiger partial charge in [-0.3, -0.25) is 4.79 Å². The summed E-state index contributed by atoms with van der Waals surface area (Å²) in [5.74, 6) is 0. The summed E-state index contributed by atoms with van der Waals surface area (Å²) in [6, 6.07) is 6.71. The predicted octanol–water partition coefficient (Wildman–Crippen LogP) is 1.84. The third kappa shape index (κ3) is 2.65. The van der Waals surface area contributed by atoms with Gasteiger partial charge >= 0.3 is 0 Å². The maximum absolute atomic E-state index is 11.7. The second-order valence-corrected chi connectivity index (χ2v) is 4.29. The predicted molar refractivity (Wildman–Crippen MR) is 68.2 cm³/mol. The van der Waals surface area contributed by atoms with Crippen molar-refractivity contribution in [2.45, 2.75) is 13.5 Å². The molecule has 88 valence electrons. The summed E-state index contributed by atoms with van der Waals surface area (Å²) in [4.78, 5) is 11.7. The van der Waals surface area contributed by atoms with E-state index in [-0.39, 0.29) is 5.56 Å². The molecule has 0 atom stereocenters. The minimum atomic E-state index is -0.150. The Morgan fingerprint density at radius 2 is 2.18 bits per heavy atom. The quantitative estimate of drug-likeness (QED) is 0.826. The molecule has 0 unspecified atom stereocenters. The number of aryl methyl sites for hydroxylation is 1. The Kier molecular flexibility index (Phi) is 3.15. The highest BCUT2D eigenvalue weighted by Crippen LogP contribution is 2.19. The number of hydrogen-bond donors (Lipinski definition) is 1. The standard InChI is InChI=1S/C12H12ClN3O/c1-8-4-12(17)16(15-6-8)7-9-5-10(14)2-3-11(9)13/h2-6H,7,14H2,1H3. The molecule has 0 aliphatic heterocycles. The lowest BCUT2D eigenvalue weighted by Crippen LogP contribution is -2.22. The van der Waals surface area contributed by atoms with Crippen LogP contribution in [0.2, 0.25) is 5.02 Å². The van der Waals surface area contributed by atoms with E-state index in [0.29, 0.717) is 17.3 Å². The van der Waals surface area contributed by atoms with Crippen LogP contribution in [-0.2, 0) is 6.54 Å². The first-order valence-corrected chi connectivity index (χ1v) is 5.52. The van der Waals surface area contributed by atoms with Gasteiger partial charge in [0.1, 0.15) is 0 Å². The molecule has 0 fully saturated rings. The van der Waals surface area contributed by atoms with E-state index in [2.05, 4.69) is 5.10 Å². The van der Waals surface area contributed by atoms with E-state index >= 15 is 0 Å². The van der Waals surface area contributed by atoms with Crippen LogP contribution in [0.1, 0.15) is 11.1 Å². The molecule has 2 aromatic rings. The summed E-state index contributed by atoms with van der Waals surface area (Å²) in [6.45, 7) is 2.15. The van der Waals surface area contributed by atoms with Crippen molar-refractivity contribution in [3.05, 3.63) is 57.0 Å². The van der Waals surface area contributed by atoms with Gasteiger partial charge in [-0.1, -0.05) is 11.6 Å². The first-order valence-electron chi connectivity index (χ1n) is 5.14. The SMILES string of the molecule is Cc1cnn(Cc2cc(N)ccc2Cl)c(=O)c1. The van der Waals surface area contributed by atoms with Crippen molar-refractivity contribution in [1.82, 2.24) is 9.78 Å². The van der Waals surface area contributed by atoms with Crippen LogP contribution in [0.5, 0.6) is 0 Å². The normalized spacial score (nSPS) is 10.5. The van der Waals surface area contributed by atoms with Gasteiger partial charge in [0.2, 0.25) is 0 Å². The molecule has 1 heterocycles. The van der Waals surface area contributed by atoms with E-state index < -0.39 is 0 Å². The number of nitrogen functional groups attached to an aromatic ring is 1. The number of hydrogen-bond acceptors (Lipinski definition) is 3. The molecular weight excluding hydrogens is 238 g/mol. The van der Waals surface area contributed by atoms with Gasteiger partial charge in [-0.15, -0.1) is 0 Å². The lowest BCUT2D eigenvalue weighted by atomic mass is 10.2. The average Bonchev–Trinajstić information content (AvgIpc) is 2.27. The zero-order valence-corrected chi connectivity index (χ0v) is 10.1. The molecule has 0 bridgehead atoms. The van der Waals surface area contributed by atoms with Crippen molar-refractivity contribution >= 4 is 17.3 Å². The Hall–Kier alpha value is -1.81. The van der Waals surface area contributed by atoms with Gasteiger partial charge in [0.15, 0.2) is 0 Å². The molecule has 0 saturated carbocycles. The van der Waals surface area contributed by atoms with Crippen LogP contribution in [0, 0.1) is 6.92 Å². The second-order valence-electron chi connectivity index (χ2n) is 3.88. The minimum absolute atomic E-state index is 0.150. The summed E-state index contributed by atoms with van der Waals surface area (Å²) in [6.07, 6.45) is 1.64. The monoisotopic (exact) mass is 249 g/mol. The van der Waals surface area contributed by atoms with Gasteiger partial charge < -0.3 is 5.73 Å². The third-order valence-electron chi connectivity index (χ3n) is 2.40. The number of anilines is 1. The zero-order valence-electron chi connectivity index (χ0n) is 9.35. The molecule has 2 rings (SSSR count). The third-order valence-corrected chi connectivity index (χ3v) is 2.76. The van der Waals surface area contributed by atoms with Gasteiger partial charge in [0.25, 0.3) is 5.56 Å². The molecule has 0 aliphatic rings. The summed E-state index contributed by atoms with van der Waals surface area (Å²) < 4.78 is 1.35. The maximum Gasteiger partial charge on any atom is 0.267 e. The van der Waals surface area contributed by atoms with Crippen LogP contribution in [-0.4, -0.2) is 9.78 Å². The minimum Gasteiger partial charge on any atom is -0.399 e. The van der Waals surface area contributed by atoms with E-state index in [4.69, 9.17) is 17.3 Å². The molecule has 0 amide bonds. The molecule has 17 heavy (non-hydrogen) atoms. The lowest BCUT2D eigenvalue weighted by molar-refractivity contribution is 0.636. The highest BCUT2D eigenvalue weighted by Gasteiger charge is 2.04. The van der Waals surface area contributed by atoms with Gasteiger partial charge in [-0.25, -0.2) is 4.68 Å². The van der Waals surface area contributed by atoms with Gasteiger partial charge in [-0.05, 0) is 36.2 Å². The Labute approximate surface area is 104 Å². The highest BCUT2D eigenvalue weighted by atomic mass is 35.5. The average molecular weight is 250 g/mol. The van der Waals surface area contributed by atoms with E-state index in [1.807, 2.05) is 6.92 Å². The van der Waals surface area contributed by atoms with Crippen LogP contribution in [0.15, 0.2) is 35.3 Å². The second kappa shape index (κ2) is 4.59. The van der Waals surface area contributed by atoms with Crippen LogP contribution in [0.25, 0.3) is 0 Å². The van der Waals surface area contributed by atoms with Gasteiger partial charge in [0.05, 0.1) is 12.7 Å². The van der Waals surface area contributed by atoms with Crippen molar-refractivity contribution in [1.29, 1.82) is 0 Å². The first-order chi connectivity index (χ1) is 8.06. The Balaban J connectivity index is 2.38. The van der Waals surface area contributed by atoms with E-state index in [1.54, 1.807) is 24.4 Å². The number of rotatable bonds is 2. The molecule has 0 aliphatic carbocycles. The maximum atomic E-state index is 11.7. The highest BCUT2D eigenvalue weighted by molar-refractivity contribution is 6.31. The molecule has 0 spiro atoms. The number of halogens is 1. The number of aromatic nitrogens is 2. The summed E-state index contributed by atoms with van der Waals surface area (Å²) in [5, 5.41) is 4.63. The fourth-order valence-electron chi connectivity index (χ4n) is 1.52. The fraction of sp³-hybridized carbons (Fsp3) is 0.167. The van der Waals surface area contributed by atoms with Crippen LogP contribution < -0.4 is 11.3 Å². The number of nitrogens with zero attached hydrogens (tertiary/aromatic N) is 2. The topological polar surface area (TPSA) is 60.9 Å². The van der Waals surface area contributed by atoms with Crippen molar-refractivity contribution in [3.8, 4) is 0 Å². The van der Waals surface area contributed by atoms with Crippen LogP contribution in [0.3, 0.4) is 0 Å². The van der Waals surface area contributed by atoms with Crippen molar-refractivity contribution in [2.24, 2.45) is 0 Å². The van der Waals surface area contributed by atoms with Gasteiger partial charge in [-0.2, -0.15) is 5.10 Å². The van der Waals surface area contributed by atoms with Crippen LogP contribution in [0.4, 0.5) is 5.69 Å². The van der Waals surface area contributed by atoms with E-state index in [1.165, 1.54) is 10.7 Å². The lowest BCUT2D eigenvalue weighted by Gasteiger charge is -2.07. The smallest absolute Gasteiger partial charge is 0.267 e. The number of benzene rings is 1. The molecule has 0 radical (unpaired) electrons. The Morgan fingerprint density at radius 3 is 2.88 bits per heavy atom. The Morgan fingerprint density at radius 1 is 1.41 bits per heavy atom. The first kappa shape index (κ1) is 11.7. The van der Waals surface area contributed by atoms with Gasteiger partial charge in [0, 0.05) is 16.8 Å².